The van der Waals surface area contributed by atoms with Crippen LogP contribution in [0.1, 0.15) is 5.56 Å². The number of nitro groups is 1. The standard InChI is InChI=1S/C13H10BrFN2O2/c14-10-4-6-11(7-5-10)16-8-9-2-1-3-12(13(9)15)17(18)19/h1-7,16H,8H2. The molecular weight excluding hydrogens is 315 g/mol. The van der Waals surface area contributed by atoms with Gasteiger partial charge in [0, 0.05) is 28.3 Å². The van der Waals surface area contributed by atoms with Crippen LogP contribution in [0.4, 0.5) is 15.8 Å². The summed E-state index contributed by atoms with van der Waals surface area (Å²) in [5.74, 6) is -0.794. The van der Waals surface area contributed by atoms with Gasteiger partial charge in [0.25, 0.3) is 0 Å². The first-order valence-corrected chi connectivity index (χ1v) is 6.28. The minimum Gasteiger partial charge on any atom is -0.381 e. The zero-order valence-corrected chi connectivity index (χ0v) is 11.4. The Bertz CT molecular complexity index is 602. The molecule has 2 rings (SSSR count). The summed E-state index contributed by atoms with van der Waals surface area (Å²) in [6.45, 7) is 0.190. The van der Waals surface area contributed by atoms with Crippen molar-refractivity contribution in [2.24, 2.45) is 0 Å². The summed E-state index contributed by atoms with van der Waals surface area (Å²) >= 11 is 3.32. The molecule has 0 atom stereocenters. The molecule has 0 bridgehead atoms. The number of nitrogens with one attached hydrogen (secondary N) is 1. The number of rotatable bonds is 4. The van der Waals surface area contributed by atoms with E-state index in [0.29, 0.717) is 0 Å². The highest BCUT2D eigenvalue weighted by Gasteiger charge is 2.16. The van der Waals surface area contributed by atoms with E-state index in [1.54, 1.807) is 0 Å². The van der Waals surface area contributed by atoms with Crippen molar-refractivity contribution in [2.45, 2.75) is 6.54 Å². The maximum Gasteiger partial charge on any atom is 0.305 e. The fourth-order valence-electron chi connectivity index (χ4n) is 1.61. The Balaban J connectivity index is 2.13. The molecule has 0 heterocycles. The Morgan fingerprint density at radius 3 is 2.53 bits per heavy atom. The van der Waals surface area contributed by atoms with Gasteiger partial charge in [-0.2, -0.15) is 4.39 Å². The van der Waals surface area contributed by atoms with E-state index in [1.807, 2.05) is 24.3 Å². The summed E-state index contributed by atoms with van der Waals surface area (Å²) in [6.07, 6.45) is 0. The number of benzene rings is 2. The van der Waals surface area contributed by atoms with Gasteiger partial charge in [0.05, 0.1) is 4.92 Å². The van der Waals surface area contributed by atoms with Gasteiger partial charge >= 0.3 is 5.69 Å². The highest BCUT2D eigenvalue weighted by molar-refractivity contribution is 9.10. The van der Waals surface area contributed by atoms with Crippen LogP contribution in [-0.4, -0.2) is 4.92 Å². The van der Waals surface area contributed by atoms with Crippen LogP contribution in [0.25, 0.3) is 0 Å². The van der Waals surface area contributed by atoms with Crippen LogP contribution in [0.2, 0.25) is 0 Å². The van der Waals surface area contributed by atoms with Crippen molar-refractivity contribution >= 4 is 27.3 Å². The molecule has 0 radical (unpaired) electrons. The lowest BCUT2D eigenvalue weighted by Gasteiger charge is -2.07. The van der Waals surface area contributed by atoms with E-state index >= 15 is 0 Å². The predicted molar refractivity (Wildman–Crippen MR) is 74.5 cm³/mol. The average molecular weight is 325 g/mol. The number of hydrogen-bond acceptors (Lipinski definition) is 3. The Hall–Kier alpha value is -1.95. The molecule has 4 nitrogen and oxygen atoms in total. The van der Waals surface area contributed by atoms with Crippen LogP contribution in [0.5, 0.6) is 0 Å². The van der Waals surface area contributed by atoms with E-state index in [4.69, 9.17) is 0 Å². The average Bonchev–Trinajstić information content (AvgIpc) is 2.39. The Kier molecular flexibility index (Phi) is 4.11. The summed E-state index contributed by atoms with van der Waals surface area (Å²) in [5, 5.41) is 13.6. The molecule has 0 amide bonds. The van der Waals surface area contributed by atoms with Crippen molar-refractivity contribution < 1.29 is 9.31 Å². The maximum absolute atomic E-state index is 13.8. The smallest absolute Gasteiger partial charge is 0.305 e. The van der Waals surface area contributed by atoms with Gasteiger partial charge in [-0.25, -0.2) is 0 Å². The van der Waals surface area contributed by atoms with Gasteiger partial charge < -0.3 is 5.32 Å². The number of nitrogens with zero attached hydrogens (tertiary/aromatic N) is 1. The molecule has 2 aromatic rings. The molecule has 2 aromatic carbocycles. The predicted octanol–water partition coefficient (Wildman–Crippen LogP) is 4.11. The number of halogens is 2. The lowest BCUT2D eigenvalue weighted by Crippen LogP contribution is -2.03. The molecule has 0 aliphatic carbocycles. The third-order valence-corrected chi connectivity index (χ3v) is 3.11. The highest BCUT2D eigenvalue weighted by atomic mass is 79.9. The van der Waals surface area contributed by atoms with E-state index in [9.17, 15) is 14.5 Å². The summed E-state index contributed by atoms with van der Waals surface area (Å²) in [6, 6.07) is 11.5. The van der Waals surface area contributed by atoms with Crippen molar-refractivity contribution in [2.75, 3.05) is 5.32 Å². The van der Waals surface area contributed by atoms with Gasteiger partial charge in [0.15, 0.2) is 0 Å². The van der Waals surface area contributed by atoms with E-state index in [1.165, 1.54) is 12.1 Å². The van der Waals surface area contributed by atoms with Crippen LogP contribution >= 0.6 is 15.9 Å². The van der Waals surface area contributed by atoms with E-state index in [2.05, 4.69) is 21.2 Å². The molecular formula is C13H10BrFN2O2. The molecule has 0 unspecified atom stereocenters. The monoisotopic (exact) mass is 324 g/mol. The third kappa shape index (κ3) is 3.29. The fourth-order valence-corrected chi connectivity index (χ4v) is 1.87. The minimum atomic E-state index is -0.794. The highest BCUT2D eigenvalue weighted by Crippen LogP contribution is 2.21. The summed E-state index contributed by atoms with van der Waals surface area (Å²) in [4.78, 5) is 9.90. The Labute approximate surface area is 117 Å². The van der Waals surface area contributed by atoms with Crippen LogP contribution < -0.4 is 5.32 Å². The van der Waals surface area contributed by atoms with E-state index in [-0.39, 0.29) is 12.1 Å². The molecule has 1 N–H and O–H groups in total. The summed E-state index contributed by atoms with van der Waals surface area (Å²) in [7, 11) is 0. The number of nitro benzene ring substituents is 1. The number of hydrogen-bond donors (Lipinski definition) is 1. The van der Waals surface area contributed by atoms with Crippen molar-refractivity contribution in [3.05, 3.63) is 68.4 Å². The van der Waals surface area contributed by atoms with E-state index in [0.717, 1.165) is 16.2 Å². The zero-order valence-electron chi connectivity index (χ0n) is 9.77. The first-order valence-electron chi connectivity index (χ1n) is 5.49. The second-order valence-electron chi connectivity index (χ2n) is 3.87. The van der Waals surface area contributed by atoms with Crippen LogP contribution in [-0.2, 0) is 6.54 Å². The van der Waals surface area contributed by atoms with Crippen LogP contribution in [0.15, 0.2) is 46.9 Å². The van der Waals surface area contributed by atoms with Gasteiger partial charge in [-0.1, -0.05) is 28.1 Å². The first kappa shape index (κ1) is 13.5. The molecule has 6 heteroatoms. The molecule has 0 saturated heterocycles. The lowest BCUT2D eigenvalue weighted by atomic mass is 10.2. The van der Waals surface area contributed by atoms with Gasteiger partial charge in [0.1, 0.15) is 0 Å². The van der Waals surface area contributed by atoms with Crippen LogP contribution in [0, 0.1) is 15.9 Å². The molecule has 98 valence electrons. The maximum atomic E-state index is 13.8. The van der Waals surface area contributed by atoms with Crippen molar-refractivity contribution in [1.29, 1.82) is 0 Å². The number of anilines is 1. The van der Waals surface area contributed by atoms with Crippen molar-refractivity contribution in [3.8, 4) is 0 Å². The Morgan fingerprint density at radius 1 is 1.21 bits per heavy atom. The van der Waals surface area contributed by atoms with Gasteiger partial charge in [-0.05, 0) is 24.3 Å². The first-order chi connectivity index (χ1) is 9.08. The third-order valence-electron chi connectivity index (χ3n) is 2.58. The molecule has 0 fully saturated rings. The SMILES string of the molecule is O=[N+]([O-])c1cccc(CNc2ccc(Br)cc2)c1F. The zero-order chi connectivity index (χ0) is 13.8. The largest absolute Gasteiger partial charge is 0.381 e. The van der Waals surface area contributed by atoms with Gasteiger partial charge in [-0.3, -0.25) is 10.1 Å². The minimum absolute atomic E-state index is 0.190. The van der Waals surface area contributed by atoms with Crippen molar-refractivity contribution in [3.63, 3.8) is 0 Å². The second kappa shape index (κ2) is 5.79. The fraction of sp³-hybridized carbons (Fsp3) is 0.0769. The topological polar surface area (TPSA) is 55.2 Å². The molecule has 0 aromatic heterocycles. The quantitative estimate of drug-likeness (QED) is 0.680. The normalized spacial score (nSPS) is 10.2. The molecule has 0 aliphatic heterocycles. The molecule has 0 saturated carbocycles. The second-order valence-corrected chi connectivity index (χ2v) is 4.78. The summed E-state index contributed by atoms with van der Waals surface area (Å²) in [5.41, 5.74) is 0.571. The molecule has 19 heavy (non-hydrogen) atoms. The molecule has 0 spiro atoms. The van der Waals surface area contributed by atoms with Gasteiger partial charge in [0.2, 0.25) is 5.82 Å². The van der Waals surface area contributed by atoms with Crippen molar-refractivity contribution in [1.82, 2.24) is 0 Å². The summed E-state index contributed by atoms with van der Waals surface area (Å²) < 4.78 is 14.7. The van der Waals surface area contributed by atoms with Crippen LogP contribution in [0.3, 0.4) is 0 Å². The van der Waals surface area contributed by atoms with E-state index < -0.39 is 16.4 Å². The van der Waals surface area contributed by atoms with Gasteiger partial charge in [-0.15, -0.1) is 0 Å². The molecule has 0 aliphatic rings. The Morgan fingerprint density at radius 2 is 1.89 bits per heavy atom. The lowest BCUT2D eigenvalue weighted by molar-refractivity contribution is -0.387.